The quantitative estimate of drug-likeness (QED) is 0.437. The summed E-state index contributed by atoms with van der Waals surface area (Å²) in [5.41, 5.74) is 0.778. The average Bonchev–Trinajstić information content (AvgIpc) is 2.62. The van der Waals surface area contributed by atoms with E-state index in [2.05, 4.69) is 4.74 Å². The molecule has 0 aromatic heterocycles. The molecule has 0 aliphatic heterocycles. The van der Waals surface area contributed by atoms with E-state index in [4.69, 9.17) is 9.47 Å². The SMILES string of the molecule is O=C(COCCOC(=O)c1ccccc1O)OC(=O)Cc1ccccc1. The summed E-state index contributed by atoms with van der Waals surface area (Å²) in [6.45, 7) is -0.603. The largest absolute Gasteiger partial charge is 0.507 e. The van der Waals surface area contributed by atoms with Gasteiger partial charge in [0.05, 0.1) is 13.0 Å². The van der Waals surface area contributed by atoms with E-state index in [1.807, 2.05) is 6.07 Å². The third-order valence-corrected chi connectivity index (χ3v) is 3.22. The van der Waals surface area contributed by atoms with Crippen LogP contribution in [0.15, 0.2) is 54.6 Å². The van der Waals surface area contributed by atoms with E-state index in [0.29, 0.717) is 0 Å². The minimum absolute atomic E-state index is 0.00917. The van der Waals surface area contributed by atoms with E-state index < -0.39 is 24.5 Å². The van der Waals surface area contributed by atoms with E-state index in [1.165, 1.54) is 12.1 Å². The van der Waals surface area contributed by atoms with Gasteiger partial charge in [0, 0.05) is 0 Å². The zero-order valence-electron chi connectivity index (χ0n) is 13.9. The van der Waals surface area contributed by atoms with Gasteiger partial charge in [-0.15, -0.1) is 0 Å². The number of esters is 3. The van der Waals surface area contributed by atoms with Crippen LogP contribution in [0.5, 0.6) is 5.75 Å². The van der Waals surface area contributed by atoms with Gasteiger partial charge in [0.15, 0.2) is 0 Å². The van der Waals surface area contributed by atoms with Crippen molar-refractivity contribution in [2.75, 3.05) is 19.8 Å². The minimum atomic E-state index is -0.821. The molecule has 0 spiro atoms. The Kier molecular flexibility index (Phi) is 7.32. The molecule has 0 amide bonds. The van der Waals surface area contributed by atoms with E-state index in [0.717, 1.165) is 5.56 Å². The number of hydrogen-bond acceptors (Lipinski definition) is 7. The molecular weight excluding hydrogens is 340 g/mol. The number of benzene rings is 2. The Balaban J connectivity index is 1.60. The van der Waals surface area contributed by atoms with E-state index in [-0.39, 0.29) is 30.9 Å². The molecule has 0 saturated carbocycles. The van der Waals surface area contributed by atoms with Crippen LogP contribution in [0, 0.1) is 0 Å². The van der Waals surface area contributed by atoms with Gasteiger partial charge in [-0.1, -0.05) is 42.5 Å². The van der Waals surface area contributed by atoms with Gasteiger partial charge in [-0.05, 0) is 17.7 Å². The van der Waals surface area contributed by atoms with Gasteiger partial charge in [-0.3, -0.25) is 4.79 Å². The highest BCUT2D eigenvalue weighted by atomic mass is 16.6. The number of carbonyl (C=O) groups is 3. The topological polar surface area (TPSA) is 99.1 Å². The van der Waals surface area contributed by atoms with Crippen LogP contribution in [0.25, 0.3) is 0 Å². The first-order chi connectivity index (χ1) is 12.6. The molecule has 26 heavy (non-hydrogen) atoms. The van der Waals surface area contributed by atoms with Crippen molar-refractivity contribution in [1.82, 2.24) is 0 Å². The Bertz CT molecular complexity index is 755. The van der Waals surface area contributed by atoms with Crippen LogP contribution in [0.1, 0.15) is 15.9 Å². The van der Waals surface area contributed by atoms with Crippen LogP contribution < -0.4 is 0 Å². The minimum Gasteiger partial charge on any atom is -0.507 e. The summed E-state index contributed by atoms with van der Waals surface area (Å²) in [7, 11) is 0. The lowest BCUT2D eigenvalue weighted by molar-refractivity contribution is -0.162. The second kappa shape index (κ2) is 9.95. The predicted molar refractivity (Wildman–Crippen MR) is 90.5 cm³/mol. The average molecular weight is 358 g/mol. The van der Waals surface area contributed by atoms with Gasteiger partial charge >= 0.3 is 17.9 Å². The summed E-state index contributed by atoms with van der Waals surface area (Å²) < 4.78 is 14.5. The third kappa shape index (κ3) is 6.37. The van der Waals surface area contributed by atoms with Gasteiger partial charge < -0.3 is 19.3 Å². The lowest BCUT2D eigenvalue weighted by Gasteiger charge is -2.07. The Morgan fingerprint density at radius 2 is 1.54 bits per heavy atom. The molecular formula is C19H18O7. The Hall–Kier alpha value is -3.19. The van der Waals surface area contributed by atoms with E-state index in [9.17, 15) is 19.5 Å². The fourth-order valence-electron chi connectivity index (χ4n) is 2.03. The van der Waals surface area contributed by atoms with Crippen molar-refractivity contribution < 1.29 is 33.7 Å². The third-order valence-electron chi connectivity index (χ3n) is 3.22. The number of phenols is 1. The molecule has 0 heterocycles. The smallest absolute Gasteiger partial charge is 0.341 e. The fraction of sp³-hybridized carbons (Fsp3) is 0.211. The number of ether oxygens (including phenoxy) is 3. The standard InChI is InChI=1S/C19H18O7/c20-16-9-5-4-8-15(16)19(23)25-11-10-24-13-18(22)26-17(21)12-14-6-2-1-3-7-14/h1-9,20H,10-13H2. The van der Waals surface area contributed by atoms with Crippen LogP contribution in [0.3, 0.4) is 0 Å². The first-order valence-corrected chi connectivity index (χ1v) is 7.86. The summed E-state index contributed by atoms with van der Waals surface area (Å²) in [5.74, 6) is -2.38. The van der Waals surface area contributed by atoms with Crippen LogP contribution in [-0.4, -0.2) is 42.8 Å². The molecule has 136 valence electrons. The van der Waals surface area contributed by atoms with Gasteiger partial charge in [0.1, 0.15) is 24.5 Å². The number of carbonyl (C=O) groups excluding carboxylic acids is 3. The highest BCUT2D eigenvalue weighted by Crippen LogP contribution is 2.16. The molecule has 2 aromatic rings. The first kappa shape index (κ1) is 19.1. The predicted octanol–water partition coefficient (Wildman–Crippen LogP) is 1.88. The monoisotopic (exact) mass is 358 g/mol. The number of hydrogen-bond donors (Lipinski definition) is 1. The lowest BCUT2D eigenvalue weighted by Crippen LogP contribution is -2.20. The summed E-state index contributed by atoms with van der Waals surface area (Å²) in [6, 6.07) is 14.9. The second-order valence-corrected chi connectivity index (χ2v) is 5.21. The highest BCUT2D eigenvalue weighted by Gasteiger charge is 2.13. The molecule has 0 atom stereocenters. The van der Waals surface area contributed by atoms with Crippen molar-refractivity contribution in [1.29, 1.82) is 0 Å². The molecule has 7 nitrogen and oxygen atoms in total. The molecule has 0 bridgehead atoms. The maximum absolute atomic E-state index is 11.7. The second-order valence-electron chi connectivity index (χ2n) is 5.21. The van der Waals surface area contributed by atoms with Crippen LogP contribution in [0.2, 0.25) is 0 Å². The van der Waals surface area contributed by atoms with Gasteiger partial charge in [0.2, 0.25) is 0 Å². The molecule has 0 fully saturated rings. The zero-order chi connectivity index (χ0) is 18.8. The summed E-state index contributed by atoms with van der Waals surface area (Å²) >= 11 is 0. The van der Waals surface area contributed by atoms with Gasteiger partial charge in [0.25, 0.3) is 0 Å². The number of aromatic hydroxyl groups is 1. The molecule has 7 heteroatoms. The Morgan fingerprint density at radius 3 is 2.27 bits per heavy atom. The normalized spacial score (nSPS) is 10.2. The summed E-state index contributed by atoms with van der Waals surface area (Å²) in [5, 5.41) is 9.52. The maximum atomic E-state index is 11.7. The number of rotatable bonds is 8. The molecule has 0 aliphatic carbocycles. The van der Waals surface area contributed by atoms with E-state index in [1.54, 1.807) is 36.4 Å². The molecule has 2 aromatic carbocycles. The van der Waals surface area contributed by atoms with Crippen LogP contribution in [0.4, 0.5) is 0 Å². The molecule has 0 radical (unpaired) electrons. The maximum Gasteiger partial charge on any atom is 0.341 e. The van der Waals surface area contributed by atoms with E-state index >= 15 is 0 Å². The lowest BCUT2D eigenvalue weighted by atomic mass is 10.2. The number of para-hydroxylation sites is 1. The van der Waals surface area contributed by atoms with Gasteiger partial charge in [-0.25, -0.2) is 9.59 Å². The van der Waals surface area contributed by atoms with Gasteiger partial charge in [-0.2, -0.15) is 0 Å². The Labute approximate surface area is 150 Å². The van der Waals surface area contributed by atoms with Crippen LogP contribution in [-0.2, 0) is 30.2 Å². The van der Waals surface area contributed by atoms with Crippen LogP contribution >= 0.6 is 0 Å². The van der Waals surface area contributed by atoms with Crippen molar-refractivity contribution in [3.8, 4) is 5.75 Å². The summed E-state index contributed by atoms with van der Waals surface area (Å²) in [4.78, 5) is 34.8. The molecule has 0 saturated heterocycles. The van der Waals surface area contributed by atoms with Crippen molar-refractivity contribution in [2.24, 2.45) is 0 Å². The molecule has 0 unspecified atom stereocenters. The zero-order valence-corrected chi connectivity index (χ0v) is 13.9. The number of phenolic OH excluding ortho intramolecular Hbond substituents is 1. The van der Waals surface area contributed by atoms with Crippen molar-refractivity contribution in [3.05, 3.63) is 65.7 Å². The van der Waals surface area contributed by atoms with Crippen molar-refractivity contribution in [3.63, 3.8) is 0 Å². The highest BCUT2D eigenvalue weighted by molar-refractivity contribution is 5.92. The fourth-order valence-corrected chi connectivity index (χ4v) is 2.03. The summed E-state index contributed by atoms with van der Waals surface area (Å²) in [6.07, 6.45) is -0.00917. The van der Waals surface area contributed by atoms with Crippen molar-refractivity contribution >= 4 is 17.9 Å². The van der Waals surface area contributed by atoms with Crippen molar-refractivity contribution in [2.45, 2.75) is 6.42 Å². The Morgan fingerprint density at radius 1 is 0.846 bits per heavy atom. The first-order valence-electron chi connectivity index (χ1n) is 7.86. The molecule has 0 aliphatic rings. The molecule has 1 N–H and O–H groups in total. The molecule has 2 rings (SSSR count).